The zero-order chi connectivity index (χ0) is 13.1. The molecule has 0 spiro atoms. The highest BCUT2D eigenvalue weighted by atomic mass is 16.6. The zero-order valence-corrected chi connectivity index (χ0v) is 10.1. The Bertz CT molecular complexity index is 303. The van der Waals surface area contributed by atoms with Gasteiger partial charge in [0.25, 0.3) is 0 Å². The van der Waals surface area contributed by atoms with Crippen molar-refractivity contribution in [2.24, 2.45) is 5.73 Å². The van der Waals surface area contributed by atoms with Gasteiger partial charge in [-0.05, 0) is 12.1 Å². The summed E-state index contributed by atoms with van der Waals surface area (Å²) in [5, 5.41) is 9.30. The summed E-state index contributed by atoms with van der Waals surface area (Å²) in [7, 11) is 0. The van der Waals surface area contributed by atoms with E-state index in [1.54, 1.807) is 12.1 Å². The maximum absolute atomic E-state index is 10.2. The highest BCUT2D eigenvalue weighted by molar-refractivity contribution is 5.64. The average Bonchev–Trinajstić information content (AvgIpc) is 2.37. The van der Waals surface area contributed by atoms with Crippen molar-refractivity contribution < 1.29 is 19.4 Å². The summed E-state index contributed by atoms with van der Waals surface area (Å²) in [5.41, 5.74) is 4.73. The van der Waals surface area contributed by atoms with E-state index in [0.717, 1.165) is 0 Å². The third-order valence-corrected chi connectivity index (χ3v) is 1.60. The average molecular weight is 241 g/mol. The number of amides is 1. The first-order valence-electron chi connectivity index (χ1n) is 5.46. The molecule has 0 aromatic heterocycles. The van der Waals surface area contributed by atoms with Crippen LogP contribution in [0.15, 0.2) is 30.3 Å². The van der Waals surface area contributed by atoms with E-state index in [2.05, 4.69) is 4.74 Å². The topological polar surface area (TPSA) is 81.8 Å². The van der Waals surface area contributed by atoms with Crippen molar-refractivity contribution in [3.05, 3.63) is 30.3 Å². The lowest BCUT2D eigenvalue weighted by Crippen LogP contribution is -2.27. The molecule has 1 aromatic carbocycles. The summed E-state index contributed by atoms with van der Waals surface area (Å²) in [4.78, 5) is 10.2. The summed E-state index contributed by atoms with van der Waals surface area (Å²) in [6.45, 7) is 3.89. The van der Waals surface area contributed by atoms with Crippen molar-refractivity contribution in [1.82, 2.24) is 0 Å². The van der Waals surface area contributed by atoms with E-state index in [4.69, 9.17) is 10.5 Å². The van der Waals surface area contributed by atoms with E-state index in [-0.39, 0.29) is 13.2 Å². The number of para-hydroxylation sites is 1. The van der Waals surface area contributed by atoms with E-state index in [0.29, 0.717) is 5.75 Å². The van der Waals surface area contributed by atoms with Gasteiger partial charge in [-0.15, -0.1) is 0 Å². The maximum Gasteiger partial charge on any atom is 0.404 e. The molecule has 3 N–H and O–H groups in total. The molecule has 96 valence electrons. The van der Waals surface area contributed by atoms with Crippen molar-refractivity contribution in [2.45, 2.75) is 20.0 Å². The highest BCUT2D eigenvalue weighted by Crippen LogP contribution is 2.08. The van der Waals surface area contributed by atoms with Gasteiger partial charge < -0.3 is 20.3 Å². The molecule has 0 aliphatic rings. The molecule has 5 nitrogen and oxygen atoms in total. The largest absolute Gasteiger partial charge is 0.491 e. The first-order chi connectivity index (χ1) is 8.18. The third kappa shape index (κ3) is 8.10. The maximum atomic E-state index is 10.2. The van der Waals surface area contributed by atoms with Gasteiger partial charge in [0.15, 0.2) is 0 Å². The minimum absolute atomic E-state index is 0.0529. The van der Waals surface area contributed by atoms with Gasteiger partial charge in [0.1, 0.15) is 25.1 Å². The van der Waals surface area contributed by atoms with Gasteiger partial charge in [-0.1, -0.05) is 32.0 Å². The van der Waals surface area contributed by atoms with Crippen LogP contribution in [0.4, 0.5) is 4.79 Å². The molecule has 0 aliphatic carbocycles. The number of ether oxygens (including phenoxy) is 2. The molecule has 0 fully saturated rings. The number of hydrogen-bond acceptors (Lipinski definition) is 4. The molecule has 0 heterocycles. The van der Waals surface area contributed by atoms with Crippen molar-refractivity contribution in [2.75, 3.05) is 13.2 Å². The molecule has 1 unspecified atom stereocenters. The van der Waals surface area contributed by atoms with E-state index in [9.17, 15) is 9.90 Å². The van der Waals surface area contributed by atoms with Crippen LogP contribution >= 0.6 is 0 Å². The molecule has 17 heavy (non-hydrogen) atoms. The third-order valence-electron chi connectivity index (χ3n) is 1.60. The second-order valence-corrected chi connectivity index (χ2v) is 2.91. The first kappa shape index (κ1) is 15.2. The predicted molar refractivity (Wildman–Crippen MR) is 64.8 cm³/mol. The zero-order valence-electron chi connectivity index (χ0n) is 10.1. The van der Waals surface area contributed by atoms with Gasteiger partial charge >= 0.3 is 6.09 Å². The molecule has 1 aromatic rings. The van der Waals surface area contributed by atoms with E-state index >= 15 is 0 Å². The van der Waals surface area contributed by atoms with Gasteiger partial charge in [-0.3, -0.25) is 0 Å². The molecule has 0 aliphatic heterocycles. The highest BCUT2D eigenvalue weighted by Gasteiger charge is 2.07. The standard InChI is InChI=1S/C10H13NO4.C2H6/c11-10(13)15-7-8(12)6-14-9-4-2-1-3-5-9;1-2/h1-5,8,12H,6-7H2,(H2,11,13);1-2H3. The number of aliphatic hydroxyl groups excluding tert-OH is 1. The lowest BCUT2D eigenvalue weighted by molar-refractivity contribution is 0.0419. The van der Waals surface area contributed by atoms with Gasteiger partial charge in [-0.2, -0.15) is 0 Å². The normalized spacial score (nSPS) is 10.8. The van der Waals surface area contributed by atoms with Crippen LogP contribution in [0.5, 0.6) is 5.75 Å². The SMILES string of the molecule is CC.NC(=O)OCC(O)COc1ccccc1. The van der Waals surface area contributed by atoms with Gasteiger partial charge in [0.05, 0.1) is 0 Å². The Morgan fingerprint density at radius 1 is 1.29 bits per heavy atom. The van der Waals surface area contributed by atoms with Crippen LogP contribution < -0.4 is 10.5 Å². The van der Waals surface area contributed by atoms with E-state index < -0.39 is 12.2 Å². The summed E-state index contributed by atoms with van der Waals surface area (Å²) in [6.07, 6.45) is -1.79. The molecule has 0 saturated heterocycles. The summed E-state index contributed by atoms with van der Waals surface area (Å²) in [5.74, 6) is 0.649. The fourth-order valence-electron chi connectivity index (χ4n) is 0.936. The number of carbonyl (C=O) groups excluding carboxylic acids is 1. The number of rotatable bonds is 5. The molecule has 1 rings (SSSR count). The Balaban J connectivity index is 0.00000121. The quantitative estimate of drug-likeness (QED) is 0.819. The van der Waals surface area contributed by atoms with Gasteiger partial charge in [-0.25, -0.2) is 4.79 Å². The smallest absolute Gasteiger partial charge is 0.404 e. The van der Waals surface area contributed by atoms with Crippen LogP contribution in [0.1, 0.15) is 13.8 Å². The van der Waals surface area contributed by atoms with Crippen molar-refractivity contribution >= 4 is 6.09 Å². The van der Waals surface area contributed by atoms with Crippen LogP contribution in [-0.4, -0.2) is 30.5 Å². The summed E-state index contributed by atoms with van der Waals surface area (Å²) >= 11 is 0. The Morgan fingerprint density at radius 2 is 1.88 bits per heavy atom. The van der Waals surface area contributed by atoms with Crippen molar-refractivity contribution in [3.63, 3.8) is 0 Å². The number of benzene rings is 1. The first-order valence-corrected chi connectivity index (χ1v) is 5.46. The summed E-state index contributed by atoms with van der Waals surface area (Å²) < 4.78 is 9.62. The molecular weight excluding hydrogens is 222 g/mol. The lowest BCUT2D eigenvalue weighted by Gasteiger charge is -2.11. The molecule has 1 atom stereocenters. The Labute approximate surface area is 101 Å². The van der Waals surface area contributed by atoms with Gasteiger partial charge in [0, 0.05) is 0 Å². The van der Waals surface area contributed by atoms with Crippen molar-refractivity contribution in [1.29, 1.82) is 0 Å². The Hall–Kier alpha value is -1.75. The molecule has 0 saturated carbocycles. The number of nitrogens with two attached hydrogens (primary N) is 1. The van der Waals surface area contributed by atoms with E-state index in [1.807, 2.05) is 32.0 Å². The second kappa shape index (κ2) is 9.47. The monoisotopic (exact) mass is 241 g/mol. The molecule has 0 radical (unpaired) electrons. The van der Waals surface area contributed by atoms with E-state index in [1.165, 1.54) is 0 Å². The fraction of sp³-hybridized carbons (Fsp3) is 0.417. The van der Waals surface area contributed by atoms with Crippen LogP contribution in [-0.2, 0) is 4.74 Å². The fourth-order valence-corrected chi connectivity index (χ4v) is 0.936. The number of hydrogen-bond donors (Lipinski definition) is 2. The lowest BCUT2D eigenvalue weighted by atomic mass is 10.3. The molecule has 1 amide bonds. The van der Waals surface area contributed by atoms with Crippen LogP contribution in [0.25, 0.3) is 0 Å². The van der Waals surface area contributed by atoms with Crippen LogP contribution in [0.2, 0.25) is 0 Å². The second-order valence-electron chi connectivity index (χ2n) is 2.91. The summed E-state index contributed by atoms with van der Waals surface area (Å²) in [6, 6.07) is 9.03. The molecular formula is C12H19NO4. The van der Waals surface area contributed by atoms with Crippen molar-refractivity contribution in [3.8, 4) is 5.75 Å². The minimum Gasteiger partial charge on any atom is -0.491 e. The van der Waals surface area contributed by atoms with Gasteiger partial charge in [0.2, 0.25) is 0 Å². The van der Waals surface area contributed by atoms with Crippen LogP contribution in [0, 0.1) is 0 Å². The predicted octanol–water partition coefficient (Wildman–Crippen LogP) is 1.55. The number of carbonyl (C=O) groups is 1. The molecule has 5 heteroatoms. The molecule has 0 bridgehead atoms. The van der Waals surface area contributed by atoms with Crippen LogP contribution in [0.3, 0.4) is 0 Å². The Kier molecular flexibility index (Phi) is 8.50. The number of primary amides is 1. The minimum atomic E-state index is -0.909. The Morgan fingerprint density at radius 3 is 2.41 bits per heavy atom. The number of aliphatic hydroxyl groups is 1.